The van der Waals surface area contributed by atoms with Crippen LogP contribution in [0.25, 0.3) is 11.0 Å². The lowest BCUT2D eigenvalue weighted by Gasteiger charge is -2.16. The molecule has 7 heteroatoms. The first-order valence-corrected chi connectivity index (χ1v) is 5.69. The van der Waals surface area contributed by atoms with Gasteiger partial charge >= 0.3 is 0 Å². The van der Waals surface area contributed by atoms with E-state index in [-0.39, 0.29) is 17.6 Å². The third kappa shape index (κ3) is 2.66. The molecule has 0 aliphatic carbocycles. The molecular weight excluding hydrogens is 256 g/mol. The molecule has 0 fully saturated rings. The Hall–Kier alpha value is -1.73. The summed E-state index contributed by atoms with van der Waals surface area (Å²) < 4.78 is 38.6. The zero-order valence-electron chi connectivity index (χ0n) is 10.7. The Morgan fingerprint density at radius 1 is 1.37 bits per heavy atom. The predicted octanol–water partition coefficient (Wildman–Crippen LogP) is 1.56. The minimum atomic E-state index is -0.735. The molecule has 0 amide bonds. The number of rotatable bonds is 5. The molecule has 0 saturated carbocycles. The molecular formula is C12H15F2N3O2. The third-order valence-corrected chi connectivity index (χ3v) is 2.87. The predicted molar refractivity (Wildman–Crippen MR) is 66.7 cm³/mol. The standard InChI is InChI=1S/C12H15F2N3O2/c1-18-6-8(19-2)5-17-10-4-7(13)3-9(14)11(10)16-12(17)15/h3-4,8H,5-6H2,1-2H3,(H2,15,16). The number of imidazole rings is 1. The number of fused-ring (bicyclic) bond motifs is 1. The normalized spacial score (nSPS) is 13.1. The monoisotopic (exact) mass is 271 g/mol. The van der Waals surface area contributed by atoms with E-state index >= 15 is 0 Å². The molecule has 19 heavy (non-hydrogen) atoms. The first-order chi connectivity index (χ1) is 9.06. The fourth-order valence-electron chi connectivity index (χ4n) is 1.94. The largest absolute Gasteiger partial charge is 0.382 e. The first kappa shape index (κ1) is 13.7. The van der Waals surface area contributed by atoms with Gasteiger partial charge < -0.3 is 19.8 Å². The van der Waals surface area contributed by atoms with Gasteiger partial charge in [0.1, 0.15) is 11.3 Å². The van der Waals surface area contributed by atoms with E-state index in [1.807, 2.05) is 0 Å². The van der Waals surface area contributed by atoms with Crippen LogP contribution in [0.5, 0.6) is 0 Å². The van der Waals surface area contributed by atoms with Gasteiger partial charge in [-0.3, -0.25) is 0 Å². The van der Waals surface area contributed by atoms with Gasteiger partial charge in [-0.05, 0) is 0 Å². The number of ether oxygens (including phenoxy) is 2. The van der Waals surface area contributed by atoms with Gasteiger partial charge in [0.25, 0.3) is 0 Å². The Morgan fingerprint density at radius 3 is 2.74 bits per heavy atom. The minimum Gasteiger partial charge on any atom is -0.382 e. The van der Waals surface area contributed by atoms with E-state index in [1.165, 1.54) is 17.7 Å². The number of nitrogens with two attached hydrogens (primary N) is 1. The van der Waals surface area contributed by atoms with Gasteiger partial charge in [0.15, 0.2) is 5.82 Å². The fourth-order valence-corrected chi connectivity index (χ4v) is 1.94. The number of hydrogen-bond acceptors (Lipinski definition) is 4. The molecule has 5 nitrogen and oxygen atoms in total. The molecule has 0 aliphatic rings. The molecule has 2 N–H and O–H groups in total. The summed E-state index contributed by atoms with van der Waals surface area (Å²) in [6, 6.07) is 1.98. The Morgan fingerprint density at radius 2 is 2.11 bits per heavy atom. The summed E-state index contributed by atoms with van der Waals surface area (Å²) >= 11 is 0. The summed E-state index contributed by atoms with van der Waals surface area (Å²) in [5.41, 5.74) is 6.08. The SMILES string of the molecule is COCC(Cn1c(N)nc2c(F)cc(F)cc21)OC. The molecule has 104 valence electrons. The highest BCUT2D eigenvalue weighted by Crippen LogP contribution is 2.22. The number of aromatic nitrogens is 2. The van der Waals surface area contributed by atoms with Crippen molar-refractivity contribution in [3.05, 3.63) is 23.8 Å². The smallest absolute Gasteiger partial charge is 0.201 e. The summed E-state index contributed by atoms with van der Waals surface area (Å²) in [5.74, 6) is -1.30. The zero-order chi connectivity index (χ0) is 14.0. The van der Waals surface area contributed by atoms with Crippen molar-refractivity contribution in [1.29, 1.82) is 0 Å². The zero-order valence-corrected chi connectivity index (χ0v) is 10.7. The number of benzene rings is 1. The lowest BCUT2D eigenvalue weighted by Crippen LogP contribution is -2.24. The summed E-state index contributed by atoms with van der Waals surface area (Å²) in [5, 5.41) is 0. The highest BCUT2D eigenvalue weighted by atomic mass is 19.1. The maximum absolute atomic E-state index is 13.6. The molecule has 0 bridgehead atoms. The maximum Gasteiger partial charge on any atom is 0.201 e. The Balaban J connectivity index is 2.44. The lowest BCUT2D eigenvalue weighted by atomic mass is 10.3. The van der Waals surface area contributed by atoms with Gasteiger partial charge in [-0.15, -0.1) is 0 Å². The number of methoxy groups -OCH3 is 2. The van der Waals surface area contributed by atoms with Crippen LogP contribution in [0.3, 0.4) is 0 Å². The van der Waals surface area contributed by atoms with Crippen molar-refractivity contribution < 1.29 is 18.3 Å². The van der Waals surface area contributed by atoms with E-state index in [0.717, 1.165) is 6.07 Å². The average Bonchev–Trinajstić information content (AvgIpc) is 2.66. The molecule has 0 aliphatic heterocycles. The van der Waals surface area contributed by atoms with Crippen LogP contribution in [0.4, 0.5) is 14.7 Å². The van der Waals surface area contributed by atoms with Crippen LogP contribution in [0.1, 0.15) is 0 Å². The lowest BCUT2D eigenvalue weighted by molar-refractivity contribution is 0.0193. The highest BCUT2D eigenvalue weighted by Gasteiger charge is 2.17. The highest BCUT2D eigenvalue weighted by molar-refractivity contribution is 5.79. The number of hydrogen-bond donors (Lipinski definition) is 1. The van der Waals surface area contributed by atoms with Gasteiger partial charge in [-0.25, -0.2) is 13.8 Å². The van der Waals surface area contributed by atoms with Crippen molar-refractivity contribution >= 4 is 17.0 Å². The Labute approximate surface area is 108 Å². The van der Waals surface area contributed by atoms with E-state index < -0.39 is 11.6 Å². The van der Waals surface area contributed by atoms with Crippen LogP contribution in [0.2, 0.25) is 0 Å². The Kier molecular flexibility index (Phi) is 3.96. The molecule has 2 aromatic rings. The molecule has 0 saturated heterocycles. The fraction of sp³-hybridized carbons (Fsp3) is 0.417. The molecule has 1 heterocycles. The van der Waals surface area contributed by atoms with Gasteiger partial charge in [-0.2, -0.15) is 0 Å². The maximum atomic E-state index is 13.6. The van der Waals surface area contributed by atoms with Crippen LogP contribution in [-0.4, -0.2) is 36.5 Å². The second-order valence-corrected chi connectivity index (χ2v) is 4.15. The van der Waals surface area contributed by atoms with Gasteiger partial charge in [0.05, 0.1) is 24.8 Å². The molecule has 2 rings (SSSR count). The average molecular weight is 271 g/mol. The molecule has 1 unspecified atom stereocenters. The van der Waals surface area contributed by atoms with E-state index in [4.69, 9.17) is 15.2 Å². The van der Waals surface area contributed by atoms with Crippen molar-refractivity contribution in [2.45, 2.75) is 12.6 Å². The number of anilines is 1. The van der Waals surface area contributed by atoms with E-state index in [1.54, 1.807) is 7.11 Å². The molecule has 1 atom stereocenters. The van der Waals surface area contributed by atoms with E-state index in [2.05, 4.69) is 4.98 Å². The first-order valence-electron chi connectivity index (χ1n) is 5.69. The van der Waals surface area contributed by atoms with Crippen LogP contribution in [0, 0.1) is 11.6 Å². The van der Waals surface area contributed by atoms with Gasteiger partial charge in [-0.1, -0.05) is 0 Å². The van der Waals surface area contributed by atoms with Crippen LogP contribution in [-0.2, 0) is 16.0 Å². The van der Waals surface area contributed by atoms with Crippen molar-refractivity contribution in [2.75, 3.05) is 26.6 Å². The third-order valence-electron chi connectivity index (χ3n) is 2.87. The number of halogens is 2. The number of nitrogens with zero attached hydrogens (tertiary/aromatic N) is 2. The summed E-state index contributed by atoms with van der Waals surface area (Å²) in [4.78, 5) is 3.90. The summed E-state index contributed by atoms with van der Waals surface area (Å²) in [7, 11) is 3.07. The summed E-state index contributed by atoms with van der Waals surface area (Å²) in [6.07, 6.45) is -0.281. The second-order valence-electron chi connectivity index (χ2n) is 4.15. The molecule has 0 radical (unpaired) electrons. The van der Waals surface area contributed by atoms with Crippen LogP contribution >= 0.6 is 0 Å². The van der Waals surface area contributed by atoms with Crippen LogP contribution in [0.15, 0.2) is 12.1 Å². The van der Waals surface area contributed by atoms with Crippen molar-refractivity contribution in [3.8, 4) is 0 Å². The van der Waals surface area contributed by atoms with Crippen molar-refractivity contribution in [3.63, 3.8) is 0 Å². The van der Waals surface area contributed by atoms with Crippen LogP contribution < -0.4 is 5.73 Å². The van der Waals surface area contributed by atoms with E-state index in [0.29, 0.717) is 18.7 Å². The number of nitrogen functional groups attached to an aromatic ring is 1. The topological polar surface area (TPSA) is 62.3 Å². The summed E-state index contributed by atoms with van der Waals surface area (Å²) in [6.45, 7) is 0.642. The molecule has 1 aromatic heterocycles. The Bertz CT molecular complexity index is 586. The van der Waals surface area contributed by atoms with Crippen molar-refractivity contribution in [2.24, 2.45) is 0 Å². The van der Waals surface area contributed by atoms with Gasteiger partial charge in [0.2, 0.25) is 5.95 Å². The van der Waals surface area contributed by atoms with Crippen molar-refractivity contribution in [1.82, 2.24) is 9.55 Å². The van der Waals surface area contributed by atoms with Gasteiger partial charge in [0, 0.05) is 26.4 Å². The van der Waals surface area contributed by atoms with E-state index in [9.17, 15) is 8.78 Å². The second kappa shape index (κ2) is 5.50. The molecule has 1 aromatic carbocycles. The molecule has 0 spiro atoms. The minimum absolute atomic E-state index is 0.0474. The quantitative estimate of drug-likeness (QED) is 0.896.